The molecule has 41 heavy (non-hydrogen) atoms. The normalized spacial score (nSPS) is 17.3. The van der Waals surface area contributed by atoms with Crippen LogP contribution in [-0.2, 0) is 12.6 Å². The molecule has 6 nitrogen and oxygen atoms in total. The van der Waals surface area contributed by atoms with Gasteiger partial charge < -0.3 is 20.1 Å². The topological polar surface area (TPSA) is 64.3 Å². The van der Waals surface area contributed by atoms with Crippen LogP contribution in [0.2, 0.25) is 0 Å². The molecule has 0 unspecified atom stereocenters. The van der Waals surface area contributed by atoms with Crippen molar-refractivity contribution in [2.45, 2.75) is 44.3 Å². The van der Waals surface area contributed by atoms with Crippen LogP contribution in [0.1, 0.15) is 36.8 Å². The summed E-state index contributed by atoms with van der Waals surface area (Å²) in [5.41, 5.74) is 1.78. The molecule has 2 N–H and O–H groups in total. The fourth-order valence-corrected chi connectivity index (χ4v) is 6.19. The maximum Gasteiger partial charge on any atom is 0.416 e. The van der Waals surface area contributed by atoms with Crippen molar-refractivity contribution in [2.75, 3.05) is 38.0 Å². The zero-order valence-electron chi connectivity index (χ0n) is 22.9. The van der Waals surface area contributed by atoms with Crippen LogP contribution in [0.3, 0.4) is 0 Å². The number of nitrogens with zero attached hydrogens (tertiary/aromatic N) is 3. The molecule has 2 aliphatic heterocycles. The number of fused-ring (bicyclic) bond motifs is 1. The summed E-state index contributed by atoms with van der Waals surface area (Å²) >= 11 is 0. The standard InChI is InChI=1S/C32H34F3N5O/c33-32(34,35)24-5-3-4-23(20-24)28-21-37-31(41)29-27(28)10-14-36-30(29)38-25-8-6-22(7-9-25)11-17-39-18-12-26(13-19-39)40-15-1-2-16-40/h3-10,14,20-21,26H,1-2,11-13,15-19H2,(H,36,38)(H,37,41). The molecule has 214 valence electrons. The number of hydrogen-bond acceptors (Lipinski definition) is 5. The largest absolute Gasteiger partial charge is 0.416 e. The molecule has 0 aliphatic carbocycles. The van der Waals surface area contributed by atoms with Gasteiger partial charge in [-0.05, 0) is 99.7 Å². The SMILES string of the molecule is O=c1[nH]cc(-c2cccc(C(F)(F)F)c2)c2ccnc(Nc3ccc(CCN4CCC(N5CCCC5)CC4)cc3)c12. The van der Waals surface area contributed by atoms with Crippen LogP contribution in [0.15, 0.2) is 71.8 Å². The number of aromatic amines is 1. The first kappa shape index (κ1) is 27.5. The molecule has 0 saturated carbocycles. The Balaban J connectivity index is 1.14. The number of anilines is 2. The van der Waals surface area contributed by atoms with Gasteiger partial charge in [-0.2, -0.15) is 13.2 Å². The van der Waals surface area contributed by atoms with Gasteiger partial charge in [0.25, 0.3) is 5.56 Å². The Bertz CT molecular complexity index is 1550. The van der Waals surface area contributed by atoms with Crippen molar-refractivity contribution < 1.29 is 13.2 Å². The molecule has 0 amide bonds. The van der Waals surface area contributed by atoms with Crippen molar-refractivity contribution >= 4 is 22.3 Å². The van der Waals surface area contributed by atoms with Crippen LogP contribution >= 0.6 is 0 Å². The molecule has 0 bridgehead atoms. The Labute approximate surface area is 237 Å². The second kappa shape index (κ2) is 11.7. The highest BCUT2D eigenvalue weighted by Crippen LogP contribution is 2.35. The maximum absolute atomic E-state index is 13.3. The van der Waals surface area contributed by atoms with Gasteiger partial charge in [0, 0.05) is 41.6 Å². The average molecular weight is 562 g/mol. The van der Waals surface area contributed by atoms with Crippen molar-refractivity contribution in [1.29, 1.82) is 0 Å². The third-order valence-electron chi connectivity index (χ3n) is 8.46. The van der Waals surface area contributed by atoms with Gasteiger partial charge in [0.1, 0.15) is 5.82 Å². The van der Waals surface area contributed by atoms with Crippen LogP contribution in [0.5, 0.6) is 0 Å². The van der Waals surface area contributed by atoms with E-state index in [-0.39, 0.29) is 5.56 Å². The van der Waals surface area contributed by atoms with Crippen molar-refractivity contribution in [3.63, 3.8) is 0 Å². The molecule has 2 aliphatic rings. The minimum absolute atomic E-state index is 0.295. The molecular weight excluding hydrogens is 527 g/mol. The molecule has 0 radical (unpaired) electrons. The minimum Gasteiger partial charge on any atom is -0.340 e. The van der Waals surface area contributed by atoms with Crippen LogP contribution in [0.4, 0.5) is 24.7 Å². The van der Waals surface area contributed by atoms with E-state index in [1.807, 2.05) is 12.1 Å². The minimum atomic E-state index is -4.46. The Morgan fingerprint density at radius 3 is 2.46 bits per heavy atom. The van der Waals surface area contributed by atoms with Gasteiger partial charge in [0.05, 0.1) is 10.9 Å². The Kier molecular flexibility index (Phi) is 7.81. The Morgan fingerprint density at radius 2 is 1.73 bits per heavy atom. The summed E-state index contributed by atoms with van der Waals surface area (Å²) in [6.45, 7) is 5.89. The van der Waals surface area contributed by atoms with E-state index < -0.39 is 11.7 Å². The highest BCUT2D eigenvalue weighted by molar-refractivity contribution is 6.01. The summed E-state index contributed by atoms with van der Waals surface area (Å²) in [5.74, 6) is 0.353. The van der Waals surface area contributed by atoms with E-state index in [9.17, 15) is 18.0 Å². The van der Waals surface area contributed by atoms with Gasteiger partial charge in [0.15, 0.2) is 0 Å². The van der Waals surface area contributed by atoms with E-state index in [1.54, 1.807) is 18.3 Å². The first-order valence-corrected chi connectivity index (χ1v) is 14.4. The molecule has 4 aromatic rings. The lowest BCUT2D eigenvalue weighted by molar-refractivity contribution is -0.137. The molecule has 4 heterocycles. The number of likely N-dealkylation sites (tertiary alicyclic amines) is 2. The van der Waals surface area contributed by atoms with E-state index in [4.69, 9.17) is 0 Å². The zero-order valence-corrected chi connectivity index (χ0v) is 22.9. The zero-order chi connectivity index (χ0) is 28.4. The third-order valence-corrected chi connectivity index (χ3v) is 8.46. The van der Waals surface area contributed by atoms with Crippen molar-refractivity contribution in [3.8, 4) is 11.1 Å². The van der Waals surface area contributed by atoms with Gasteiger partial charge >= 0.3 is 6.18 Å². The van der Waals surface area contributed by atoms with Crippen molar-refractivity contribution in [1.82, 2.24) is 19.8 Å². The summed E-state index contributed by atoms with van der Waals surface area (Å²) in [7, 11) is 0. The maximum atomic E-state index is 13.3. The fourth-order valence-electron chi connectivity index (χ4n) is 6.19. The number of nitrogens with one attached hydrogen (secondary N) is 2. The summed E-state index contributed by atoms with van der Waals surface area (Å²) in [4.78, 5) is 25.2. The van der Waals surface area contributed by atoms with Gasteiger partial charge in [-0.3, -0.25) is 4.79 Å². The number of alkyl halides is 3. The van der Waals surface area contributed by atoms with Gasteiger partial charge in [-0.25, -0.2) is 4.98 Å². The van der Waals surface area contributed by atoms with E-state index in [1.165, 1.54) is 56.6 Å². The van der Waals surface area contributed by atoms with Crippen LogP contribution in [0, 0.1) is 0 Å². The monoisotopic (exact) mass is 561 g/mol. The van der Waals surface area contributed by atoms with E-state index in [0.29, 0.717) is 27.7 Å². The van der Waals surface area contributed by atoms with E-state index in [0.717, 1.165) is 49.9 Å². The Morgan fingerprint density at radius 1 is 0.976 bits per heavy atom. The number of aromatic nitrogens is 2. The lowest BCUT2D eigenvalue weighted by atomic mass is 9.99. The molecule has 9 heteroatoms. The number of hydrogen-bond donors (Lipinski definition) is 2. The van der Waals surface area contributed by atoms with Crippen molar-refractivity contribution in [2.24, 2.45) is 0 Å². The molecule has 0 spiro atoms. The summed E-state index contributed by atoms with van der Waals surface area (Å²) in [5, 5.41) is 4.06. The quantitative estimate of drug-likeness (QED) is 0.271. The lowest BCUT2D eigenvalue weighted by Crippen LogP contribution is -2.44. The first-order chi connectivity index (χ1) is 19.8. The second-order valence-corrected chi connectivity index (χ2v) is 11.1. The molecule has 2 aromatic heterocycles. The van der Waals surface area contributed by atoms with Crippen LogP contribution < -0.4 is 10.9 Å². The van der Waals surface area contributed by atoms with E-state index >= 15 is 0 Å². The number of pyridine rings is 2. The molecule has 2 fully saturated rings. The predicted molar refractivity (Wildman–Crippen MR) is 156 cm³/mol. The van der Waals surface area contributed by atoms with Crippen LogP contribution in [0.25, 0.3) is 21.9 Å². The first-order valence-electron chi connectivity index (χ1n) is 14.4. The molecule has 6 rings (SSSR count). The molecular formula is C32H34F3N5O. The van der Waals surface area contributed by atoms with E-state index in [2.05, 4.69) is 37.2 Å². The highest BCUT2D eigenvalue weighted by atomic mass is 19.4. The van der Waals surface area contributed by atoms with Crippen LogP contribution in [-0.4, -0.2) is 58.5 Å². The number of halogens is 3. The number of piperidine rings is 1. The summed E-state index contributed by atoms with van der Waals surface area (Å²) < 4.78 is 40.0. The Hall–Kier alpha value is -3.69. The number of rotatable bonds is 7. The van der Waals surface area contributed by atoms with Gasteiger partial charge in [-0.1, -0.05) is 24.3 Å². The van der Waals surface area contributed by atoms with Gasteiger partial charge in [0.2, 0.25) is 0 Å². The fraction of sp³-hybridized carbons (Fsp3) is 0.375. The average Bonchev–Trinajstić information content (AvgIpc) is 3.52. The highest BCUT2D eigenvalue weighted by Gasteiger charge is 2.30. The second-order valence-electron chi connectivity index (χ2n) is 11.1. The molecule has 2 saturated heterocycles. The summed E-state index contributed by atoms with van der Waals surface area (Å²) in [6, 6.07) is 15.6. The number of benzene rings is 2. The third kappa shape index (κ3) is 6.16. The predicted octanol–water partition coefficient (Wildman–Crippen LogP) is 6.46. The summed E-state index contributed by atoms with van der Waals surface area (Å²) in [6.07, 6.45) is 4.73. The van der Waals surface area contributed by atoms with Gasteiger partial charge in [-0.15, -0.1) is 0 Å². The number of H-pyrrole nitrogens is 1. The molecule has 0 atom stereocenters. The smallest absolute Gasteiger partial charge is 0.340 e. The lowest BCUT2D eigenvalue weighted by Gasteiger charge is -2.36. The molecule has 2 aromatic carbocycles. The van der Waals surface area contributed by atoms with Crippen molar-refractivity contribution in [3.05, 3.63) is 88.5 Å².